The molecule has 20 heavy (non-hydrogen) atoms. The standard InChI is InChI=1S/C17H11NO2/c1-20-12-8-6-11(7-9-12)16-15(10-18)13-4-2-3-5-14(13)17(16)19/h2-9H,1H3. The van der Waals surface area contributed by atoms with E-state index in [4.69, 9.17) is 4.74 Å². The number of hydrogen-bond acceptors (Lipinski definition) is 3. The highest BCUT2D eigenvalue weighted by Gasteiger charge is 2.30. The Morgan fingerprint density at radius 3 is 2.25 bits per heavy atom. The maximum Gasteiger partial charge on any atom is 0.195 e. The van der Waals surface area contributed by atoms with Gasteiger partial charge in [-0.1, -0.05) is 36.4 Å². The van der Waals surface area contributed by atoms with E-state index in [9.17, 15) is 10.1 Å². The van der Waals surface area contributed by atoms with Crippen LogP contribution in [0.15, 0.2) is 48.5 Å². The Kier molecular flexibility index (Phi) is 2.85. The highest BCUT2D eigenvalue weighted by Crippen LogP contribution is 2.38. The number of fused-ring (bicyclic) bond motifs is 1. The summed E-state index contributed by atoms with van der Waals surface area (Å²) in [6.07, 6.45) is 0. The number of benzene rings is 2. The lowest BCUT2D eigenvalue weighted by Crippen LogP contribution is -1.98. The van der Waals surface area contributed by atoms with Gasteiger partial charge in [0.15, 0.2) is 5.78 Å². The molecule has 0 heterocycles. The number of rotatable bonds is 2. The zero-order chi connectivity index (χ0) is 14.1. The third-order valence-electron chi connectivity index (χ3n) is 3.41. The number of ketones is 1. The number of ether oxygens (including phenoxy) is 1. The smallest absolute Gasteiger partial charge is 0.195 e. The minimum absolute atomic E-state index is 0.0951. The van der Waals surface area contributed by atoms with Crippen molar-refractivity contribution >= 4 is 16.9 Å². The Morgan fingerprint density at radius 2 is 1.65 bits per heavy atom. The monoisotopic (exact) mass is 261 g/mol. The Labute approximate surface area is 116 Å². The largest absolute Gasteiger partial charge is 0.497 e. The average molecular weight is 261 g/mol. The molecule has 1 aliphatic carbocycles. The minimum atomic E-state index is -0.0951. The summed E-state index contributed by atoms with van der Waals surface area (Å²) in [5.41, 5.74) is 2.95. The Bertz CT molecular complexity index is 764. The first-order chi connectivity index (χ1) is 9.76. The normalized spacial score (nSPS) is 13.1. The van der Waals surface area contributed by atoms with E-state index in [0.29, 0.717) is 22.3 Å². The van der Waals surface area contributed by atoms with E-state index >= 15 is 0 Å². The van der Waals surface area contributed by atoms with Crippen LogP contribution in [0.4, 0.5) is 0 Å². The lowest BCUT2D eigenvalue weighted by Gasteiger charge is -2.04. The summed E-state index contributed by atoms with van der Waals surface area (Å²) in [7, 11) is 1.59. The molecule has 96 valence electrons. The predicted octanol–water partition coefficient (Wildman–Crippen LogP) is 3.33. The predicted molar refractivity (Wildman–Crippen MR) is 76.2 cm³/mol. The van der Waals surface area contributed by atoms with Crippen LogP contribution in [0.2, 0.25) is 0 Å². The van der Waals surface area contributed by atoms with Crippen molar-refractivity contribution in [2.45, 2.75) is 0 Å². The molecule has 3 nitrogen and oxygen atoms in total. The molecule has 0 N–H and O–H groups in total. The van der Waals surface area contributed by atoms with Gasteiger partial charge in [-0.15, -0.1) is 0 Å². The van der Waals surface area contributed by atoms with Crippen LogP contribution < -0.4 is 4.74 Å². The van der Waals surface area contributed by atoms with Crippen LogP contribution in [-0.4, -0.2) is 12.9 Å². The van der Waals surface area contributed by atoms with Gasteiger partial charge >= 0.3 is 0 Å². The fourth-order valence-corrected chi connectivity index (χ4v) is 2.43. The van der Waals surface area contributed by atoms with E-state index in [-0.39, 0.29) is 5.78 Å². The molecular formula is C17H11NO2. The van der Waals surface area contributed by atoms with Crippen molar-refractivity contribution in [3.8, 4) is 11.8 Å². The van der Waals surface area contributed by atoms with Crippen molar-refractivity contribution in [3.63, 3.8) is 0 Å². The van der Waals surface area contributed by atoms with Crippen LogP contribution in [0.5, 0.6) is 5.75 Å². The van der Waals surface area contributed by atoms with Gasteiger partial charge in [-0.05, 0) is 17.7 Å². The second kappa shape index (κ2) is 4.67. The molecule has 3 heteroatoms. The quantitative estimate of drug-likeness (QED) is 0.833. The average Bonchev–Trinajstić information content (AvgIpc) is 2.80. The molecular weight excluding hydrogens is 250 g/mol. The number of methoxy groups -OCH3 is 1. The molecule has 0 aliphatic heterocycles. The molecule has 0 saturated heterocycles. The number of allylic oxidation sites excluding steroid dienone is 2. The van der Waals surface area contributed by atoms with Crippen LogP contribution in [0.25, 0.3) is 11.1 Å². The van der Waals surface area contributed by atoms with Gasteiger partial charge in [0, 0.05) is 16.7 Å². The van der Waals surface area contributed by atoms with Crippen molar-refractivity contribution in [2.24, 2.45) is 0 Å². The first-order valence-corrected chi connectivity index (χ1v) is 6.19. The highest BCUT2D eigenvalue weighted by molar-refractivity contribution is 6.41. The van der Waals surface area contributed by atoms with Gasteiger partial charge in [0.1, 0.15) is 11.8 Å². The summed E-state index contributed by atoms with van der Waals surface area (Å²) in [5, 5.41) is 9.38. The van der Waals surface area contributed by atoms with Crippen LogP contribution in [0.1, 0.15) is 21.5 Å². The summed E-state index contributed by atoms with van der Waals surface area (Å²) in [6, 6.07) is 16.5. The van der Waals surface area contributed by atoms with Crippen LogP contribution >= 0.6 is 0 Å². The van der Waals surface area contributed by atoms with Gasteiger partial charge in [-0.25, -0.2) is 0 Å². The number of nitrogens with zero attached hydrogens (tertiary/aromatic N) is 1. The molecule has 0 bridgehead atoms. The van der Waals surface area contributed by atoms with Crippen molar-refractivity contribution in [1.82, 2.24) is 0 Å². The molecule has 0 saturated carbocycles. The second-order valence-corrected chi connectivity index (χ2v) is 4.47. The Morgan fingerprint density at radius 1 is 1.00 bits per heavy atom. The molecule has 3 rings (SSSR count). The highest BCUT2D eigenvalue weighted by atomic mass is 16.5. The van der Waals surface area contributed by atoms with Gasteiger partial charge in [-0.2, -0.15) is 5.26 Å². The molecule has 2 aromatic carbocycles. The SMILES string of the molecule is COc1ccc(C2=C(C#N)c3ccccc3C2=O)cc1. The molecule has 1 aliphatic rings. The Hall–Kier alpha value is -2.86. The van der Waals surface area contributed by atoms with E-state index in [2.05, 4.69) is 6.07 Å². The fraction of sp³-hybridized carbons (Fsp3) is 0.0588. The molecule has 2 aromatic rings. The number of nitriles is 1. The van der Waals surface area contributed by atoms with Gasteiger partial charge in [0.2, 0.25) is 0 Å². The second-order valence-electron chi connectivity index (χ2n) is 4.47. The molecule has 0 aromatic heterocycles. The minimum Gasteiger partial charge on any atom is -0.497 e. The van der Waals surface area contributed by atoms with E-state index < -0.39 is 0 Å². The van der Waals surface area contributed by atoms with Crippen molar-refractivity contribution in [3.05, 3.63) is 65.2 Å². The first kappa shape index (κ1) is 12.2. The molecule has 0 radical (unpaired) electrons. The lowest BCUT2D eigenvalue weighted by atomic mass is 10.0. The lowest BCUT2D eigenvalue weighted by molar-refractivity contribution is 0.105. The first-order valence-electron chi connectivity index (χ1n) is 6.19. The third-order valence-corrected chi connectivity index (χ3v) is 3.41. The van der Waals surface area contributed by atoms with Crippen LogP contribution in [0, 0.1) is 11.3 Å². The van der Waals surface area contributed by atoms with Crippen molar-refractivity contribution in [2.75, 3.05) is 7.11 Å². The topological polar surface area (TPSA) is 50.1 Å². The summed E-state index contributed by atoms with van der Waals surface area (Å²) in [6.45, 7) is 0. The van der Waals surface area contributed by atoms with Crippen LogP contribution in [0.3, 0.4) is 0 Å². The van der Waals surface area contributed by atoms with Crippen molar-refractivity contribution in [1.29, 1.82) is 5.26 Å². The van der Waals surface area contributed by atoms with Crippen molar-refractivity contribution < 1.29 is 9.53 Å². The van der Waals surface area contributed by atoms with Gasteiger partial charge in [0.25, 0.3) is 0 Å². The zero-order valence-electron chi connectivity index (χ0n) is 10.9. The summed E-state index contributed by atoms with van der Waals surface area (Å²) in [5.74, 6) is 0.623. The molecule has 0 fully saturated rings. The molecule has 0 unspecified atom stereocenters. The number of Topliss-reactive ketones (excluding diaryl/α,β-unsaturated/α-hetero) is 1. The van der Waals surface area contributed by atoms with E-state index in [1.807, 2.05) is 18.2 Å². The number of hydrogen-bond donors (Lipinski definition) is 0. The van der Waals surface area contributed by atoms with E-state index in [0.717, 1.165) is 11.3 Å². The van der Waals surface area contributed by atoms with Gasteiger partial charge in [0.05, 0.1) is 12.7 Å². The zero-order valence-corrected chi connectivity index (χ0v) is 10.9. The molecule has 0 spiro atoms. The van der Waals surface area contributed by atoms with E-state index in [1.165, 1.54) is 0 Å². The van der Waals surface area contributed by atoms with E-state index in [1.54, 1.807) is 37.4 Å². The van der Waals surface area contributed by atoms with Gasteiger partial charge < -0.3 is 4.74 Å². The summed E-state index contributed by atoms with van der Waals surface area (Å²) >= 11 is 0. The number of carbonyl (C=O) groups is 1. The number of carbonyl (C=O) groups excluding carboxylic acids is 1. The maximum absolute atomic E-state index is 12.5. The maximum atomic E-state index is 12.5. The summed E-state index contributed by atoms with van der Waals surface area (Å²) in [4.78, 5) is 12.5. The molecule has 0 amide bonds. The molecule has 0 atom stereocenters. The van der Waals surface area contributed by atoms with Gasteiger partial charge in [-0.3, -0.25) is 4.79 Å². The third kappa shape index (κ3) is 1.70. The van der Waals surface area contributed by atoms with Crippen LogP contribution in [-0.2, 0) is 0 Å². The Balaban J connectivity index is 2.18. The summed E-state index contributed by atoms with van der Waals surface area (Å²) < 4.78 is 5.11. The fourth-order valence-electron chi connectivity index (χ4n) is 2.43.